The van der Waals surface area contributed by atoms with Crippen LogP contribution in [0, 0.1) is 0 Å². The molecule has 0 aliphatic carbocycles. The van der Waals surface area contributed by atoms with Crippen molar-refractivity contribution in [2.75, 3.05) is 30.8 Å². The lowest BCUT2D eigenvalue weighted by molar-refractivity contribution is 0.222. The van der Waals surface area contributed by atoms with E-state index in [0.717, 1.165) is 30.1 Å². The van der Waals surface area contributed by atoms with E-state index in [0.29, 0.717) is 12.6 Å². The molecule has 1 heterocycles. The smallest absolute Gasteiger partial charge is 0.321 e. The average Bonchev–Trinajstić information content (AvgIpc) is 3.05. The Kier molecular flexibility index (Phi) is 4.66. The number of anilines is 2. The number of hydrogen-bond donors (Lipinski definition) is 2. The van der Waals surface area contributed by atoms with Crippen molar-refractivity contribution in [3.05, 3.63) is 54.6 Å². The number of rotatable bonds is 4. The number of nitrogens with one attached hydrogen (secondary N) is 2. The lowest BCUT2D eigenvalue weighted by Crippen LogP contribution is -2.34. The van der Waals surface area contributed by atoms with Gasteiger partial charge < -0.3 is 20.3 Å². The van der Waals surface area contributed by atoms with Crippen molar-refractivity contribution >= 4 is 17.4 Å². The molecule has 5 heteroatoms. The van der Waals surface area contributed by atoms with E-state index in [1.54, 1.807) is 7.11 Å². The number of nitrogens with zero attached hydrogens (tertiary/aromatic N) is 1. The summed E-state index contributed by atoms with van der Waals surface area (Å²) in [5.74, 6) is 0.774. The molecule has 1 aliphatic rings. The molecular formula is C18H21N3O2. The molecule has 0 unspecified atom stereocenters. The Morgan fingerprint density at radius 3 is 2.52 bits per heavy atom. The van der Waals surface area contributed by atoms with Crippen molar-refractivity contribution in [3.8, 4) is 5.75 Å². The highest BCUT2D eigenvalue weighted by Gasteiger charge is 2.26. The Labute approximate surface area is 136 Å². The van der Waals surface area contributed by atoms with Crippen LogP contribution in [0.3, 0.4) is 0 Å². The summed E-state index contributed by atoms with van der Waals surface area (Å²) in [5, 5.41) is 6.39. The Bertz CT molecular complexity index is 643. The number of hydrogen-bond acceptors (Lipinski definition) is 3. The molecule has 1 aliphatic heterocycles. The zero-order chi connectivity index (χ0) is 16.1. The molecule has 0 saturated carbocycles. The van der Waals surface area contributed by atoms with Crippen LogP contribution in [0.4, 0.5) is 16.2 Å². The summed E-state index contributed by atoms with van der Waals surface area (Å²) in [6, 6.07) is 17.7. The first-order chi connectivity index (χ1) is 11.2. The summed E-state index contributed by atoms with van der Waals surface area (Å²) in [4.78, 5) is 14.2. The molecule has 5 nitrogen and oxygen atoms in total. The molecule has 1 atom stereocenters. The van der Waals surface area contributed by atoms with Gasteiger partial charge in [-0.2, -0.15) is 0 Å². The largest absolute Gasteiger partial charge is 0.497 e. The molecule has 3 rings (SSSR count). The van der Waals surface area contributed by atoms with E-state index in [1.807, 2.05) is 59.5 Å². The van der Waals surface area contributed by atoms with Gasteiger partial charge >= 0.3 is 6.03 Å². The zero-order valence-corrected chi connectivity index (χ0v) is 13.2. The van der Waals surface area contributed by atoms with Crippen LogP contribution in [0.25, 0.3) is 0 Å². The van der Waals surface area contributed by atoms with Gasteiger partial charge in [0.15, 0.2) is 0 Å². The second kappa shape index (κ2) is 7.05. The third-order valence-corrected chi connectivity index (χ3v) is 3.96. The lowest BCUT2D eigenvalue weighted by atomic mass is 10.2. The van der Waals surface area contributed by atoms with Crippen molar-refractivity contribution in [2.45, 2.75) is 12.5 Å². The molecule has 0 radical (unpaired) electrons. The third-order valence-electron chi connectivity index (χ3n) is 3.96. The number of para-hydroxylation sites is 1. The topological polar surface area (TPSA) is 53.6 Å². The highest BCUT2D eigenvalue weighted by atomic mass is 16.5. The van der Waals surface area contributed by atoms with Gasteiger partial charge in [-0.1, -0.05) is 18.2 Å². The van der Waals surface area contributed by atoms with Gasteiger partial charge in [0.05, 0.1) is 7.11 Å². The van der Waals surface area contributed by atoms with Crippen molar-refractivity contribution in [1.29, 1.82) is 0 Å². The molecule has 2 aromatic carbocycles. The first kappa shape index (κ1) is 15.2. The maximum Gasteiger partial charge on any atom is 0.321 e. The molecule has 0 bridgehead atoms. The Hall–Kier alpha value is -2.69. The monoisotopic (exact) mass is 311 g/mol. The van der Waals surface area contributed by atoms with Crippen LogP contribution in [0.1, 0.15) is 6.42 Å². The fourth-order valence-electron chi connectivity index (χ4n) is 2.71. The maximum atomic E-state index is 12.3. The van der Waals surface area contributed by atoms with Gasteiger partial charge in [0.1, 0.15) is 5.75 Å². The van der Waals surface area contributed by atoms with E-state index >= 15 is 0 Å². The van der Waals surface area contributed by atoms with Crippen LogP contribution in [-0.2, 0) is 0 Å². The molecule has 0 aromatic heterocycles. The maximum absolute atomic E-state index is 12.3. The van der Waals surface area contributed by atoms with E-state index in [1.165, 1.54) is 0 Å². The number of benzene rings is 2. The Morgan fingerprint density at radius 1 is 1.09 bits per heavy atom. The second-order valence-corrected chi connectivity index (χ2v) is 5.60. The quantitative estimate of drug-likeness (QED) is 0.910. The standard InChI is InChI=1S/C18H21N3O2/c1-23-17-9-7-15(8-10-17)20-18(22)21-12-11-16(13-21)19-14-5-3-2-4-6-14/h2-10,16,19H,11-13H2,1H3,(H,20,22)/t16-/m0/s1. The second-order valence-electron chi connectivity index (χ2n) is 5.60. The van der Waals surface area contributed by atoms with Crippen molar-refractivity contribution in [1.82, 2.24) is 4.90 Å². The predicted octanol–water partition coefficient (Wildman–Crippen LogP) is 3.41. The average molecular weight is 311 g/mol. The van der Waals surface area contributed by atoms with Crippen LogP contribution in [-0.4, -0.2) is 37.2 Å². The minimum Gasteiger partial charge on any atom is -0.497 e. The molecule has 0 spiro atoms. The van der Waals surface area contributed by atoms with Crippen LogP contribution < -0.4 is 15.4 Å². The highest BCUT2D eigenvalue weighted by Crippen LogP contribution is 2.18. The molecule has 120 valence electrons. The summed E-state index contributed by atoms with van der Waals surface area (Å²) in [6.07, 6.45) is 0.949. The van der Waals surface area contributed by atoms with Gasteiger partial charge in [-0.15, -0.1) is 0 Å². The fourth-order valence-corrected chi connectivity index (χ4v) is 2.71. The summed E-state index contributed by atoms with van der Waals surface area (Å²) >= 11 is 0. The number of amides is 2. The van der Waals surface area contributed by atoms with E-state index in [9.17, 15) is 4.79 Å². The van der Waals surface area contributed by atoms with Crippen LogP contribution >= 0.6 is 0 Å². The highest BCUT2D eigenvalue weighted by molar-refractivity contribution is 5.89. The normalized spacial score (nSPS) is 16.9. The molecular weight excluding hydrogens is 290 g/mol. The number of carbonyl (C=O) groups is 1. The predicted molar refractivity (Wildman–Crippen MR) is 92.1 cm³/mol. The van der Waals surface area contributed by atoms with Gasteiger partial charge in [0.25, 0.3) is 0 Å². The SMILES string of the molecule is COc1ccc(NC(=O)N2CC[C@H](Nc3ccccc3)C2)cc1. The van der Waals surface area contributed by atoms with E-state index < -0.39 is 0 Å². The summed E-state index contributed by atoms with van der Waals surface area (Å²) in [7, 11) is 1.62. The zero-order valence-electron chi connectivity index (χ0n) is 13.2. The van der Waals surface area contributed by atoms with Crippen LogP contribution in [0.5, 0.6) is 5.75 Å². The lowest BCUT2D eigenvalue weighted by Gasteiger charge is -2.18. The van der Waals surface area contributed by atoms with Crippen molar-refractivity contribution in [3.63, 3.8) is 0 Å². The summed E-state index contributed by atoms with van der Waals surface area (Å²) in [5.41, 5.74) is 1.87. The van der Waals surface area contributed by atoms with Gasteiger partial charge in [0.2, 0.25) is 0 Å². The van der Waals surface area contributed by atoms with E-state index in [-0.39, 0.29) is 6.03 Å². The molecule has 2 N–H and O–H groups in total. The number of likely N-dealkylation sites (tertiary alicyclic amines) is 1. The van der Waals surface area contributed by atoms with Crippen molar-refractivity contribution < 1.29 is 9.53 Å². The Morgan fingerprint density at radius 2 is 1.83 bits per heavy atom. The molecule has 2 amide bonds. The summed E-state index contributed by atoms with van der Waals surface area (Å²) in [6.45, 7) is 1.46. The minimum absolute atomic E-state index is 0.0625. The summed E-state index contributed by atoms with van der Waals surface area (Å²) < 4.78 is 5.11. The van der Waals surface area contributed by atoms with E-state index in [2.05, 4.69) is 10.6 Å². The fraction of sp³-hybridized carbons (Fsp3) is 0.278. The molecule has 23 heavy (non-hydrogen) atoms. The molecule has 1 saturated heterocycles. The van der Waals surface area contributed by atoms with Crippen LogP contribution in [0.15, 0.2) is 54.6 Å². The number of urea groups is 1. The minimum atomic E-state index is -0.0625. The Balaban J connectivity index is 1.52. The number of carbonyl (C=O) groups excluding carboxylic acids is 1. The van der Waals surface area contributed by atoms with Gasteiger partial charge in [-0.3, -0.25) is 0 Å². The number of methoxy groups -OCH3 is 1. The van der Waals surface area contributed by atoms with Gasteiger partial charge in [-0.05, 0) is 42.8 Å². The van der Waals surface area contributed by atoms with Crippen molar-refractivity contribution in [2.24, 2.45) is 0 Å². The van der Waals surface area contributed by atoms with Gasteiger partial charge in [0, 0.05) is 30.5 Å². The number of ether oxygens (including phenoxy) is 1. The van der Waals surface area contributed by atoms with Gasteiger partial charge in [-0.25, -0.2) is 4.79 Å². The first-order valence-electron chi connectivity index (χ1n) is 7.76. The molecule has 2 aromatic rings. The van der Waals surface area contributed by atoms with E-state index in [4.69, 9.17) is 4.74 Å². The third kappa shape index (κ3) is 3.94. The van der Waals surface area contributed by atoms with Crippen LogP contribution in [0.2, 0.25) is 0 Å². The first-order valence-corrected chi connectivity index (χ1v) is 7.76. The molecule has 1 fully saturated rings.